The topological polar surface area (TPSA) is 59.7 Å². The van der Waals surface area contributed by atoms with Crippen LogP contribution in [-0.2, 0) is 16.0 Å². The Bertz CT molecular complexity index is 1100. The minimum atomic E-state index is -0.748. The first-order chi connectivity index (χ1) is 15.8. The van der Waals surface area contributed by atoms with Crippen LogP contribution in [0.4, 0.5) is 0 Å². The van der Waals surface area contributed by atoms with Crippen LogP contribution < -0.4 is 0 Å². The van der Waals surface area contributed by atoms with Crippen LogP contribution in [0, 0.1) is 22.7 Å². The van der Waals surface area contributed by atoms with Crippen molar-refractivity contribution in [2.45, 2.75) is 65.1 Å². The molecule has 7 atom stereocenters. The Hall–Kier alpha value is -2.59. The summed E-state index contributed by atoms with van der Waals surface area (Å²) in [6.45, 7) is 8.85. The van der Waals surface area contributed by atoms with Gasteiger partial charge in [0, 0.05) is 17.9 Å². The second-order valence-corrected chi connectivity index (χ2v) is 10.6. The molecule has 174 valence electrons. The van der Waals surface area contributed by atoms with Crippen molar-refractivity contribution in [3.8, 4) is 0 Å². The van der Waals surface area contributed by atoms with Crippen LogP contribution in [0.2, 0.25) is 0 Å². The largest absolute Gasteiger partial charge is 0.469 e. The van der Waals surface area contributed by atoms with E-state index in [0.717, 1.165) is 30.6 Å². The zero-order valence-corrected chi connectivity index (χ0v) is 20.0. The van der Waals surface area contributed by atoms with Crippen LogP contribution >= 0.6 is 0 Å². The summed E-state index contributed by atoms with van der Waals surface area (Å²) < 4.78 is 12.0. The first-order valence-electron chi connectivity index (χ1n) is 12.1. The van der Waals surface area contributed by atoms with Gasteiger partial charge in [-0.2, -0.15) is 0 Å². The van der Waals surface area contributed by atoms with E-state index >= 15 is 0 Å². The third kappa shape index (κ3) is 3.25. The molecule has 5 rings (SSSR count). The van der Waals surface area contributed by atoms with Crippen LogP contribution in [-0.4, -0.2) is 23.3 Å². The average Bonchev–Trinajstić information content (AvgIpc) is 3.28. The Morgan fingerprint density at radius 3 is 2.73 bits per heavy atom. The molecule has 1 aromatic heterocycles. The predicted molar refractivity (Wildman–Crippen MR) is 128 cm³/mol. The van der Waals surface area contributed by atoms with E-state index in [1.807, 2.05) is 36.4 Å². The lowest BCUT2D eigenvalue weighted by Gasteiger charge is -2.65. The number of ether oxygens (including phenoxy) is 1. The Kier molecular flexibility index (Phi) is 5.40. The molecule has 2 aromatic rings. The summed E-state index contributed by atoms with van der Waals surface area (Å²) in [5, 5.41) is 11.8. The van der Waals surface area contributed by atoms with Gasteiger partial charge in [0.15, 0.2) is 0 Å². The van der Waals surface area contributed by atoms with Gasteiger partial charge in [-0.25, -0.2) is 4.79 Å². The second kappa shape index (κ2) is 8.02. The molecular formula is C29H34O4. The quantitative estimate of drug-likeness (QED) is 0.361. The third-order valence-electron chi connectivity index (χ3n) is 9.38. The number of allylic oxidation sites excluding steroid dienone is 1. The smallest absolute Gasteiger partial charge is 0.331 e. The lowest BCUT2D eigenvalue weighted by molar-refractivity contribution is -0.220. The summed E-state index contributed by atoms with van der Waals surface area (Å²) in [7, 11) is 0. The molecule has 0 saturated heterocycles. The second-order valence-electron chi connectivity index (χ2n) is 10.6. The minimum Gasteiger partial charge on any atom is -0.469 e. The van der Waals surface area contributed by atoms with Crippen LogP contribution in [0.5, 0.6) is 0 Å². The standard InChI is InChI=1S/C29H34O4/c1-18-9-8-15-28(3)22-17-23-21(14-16-32-23)19(2)25(22)26(31)27(29(18,28)4)33-24(30)13-12-20-10-6-5-7-11-20/h5-7,9-14,16,19,22,25-27,31H,8,15,17H2,1-4H3/b13-12+/t19-,22-,25-,26+,27+,28+,29-/m0/s1. The van der Waals surface area contributed by atoms with Gasteiger partial charge in [-0.15, -0.1) is 0 Å². The zero-order chi connectivity index (χ0) is 23.4. The lowest BCUT2D eigenvalue weighted by atomic mass is 9.41. The number of esters is 1. The molecule has 1 heterocycles. The van der Waals surface area contributed by atoms with E-state index in [0.29, 0.717) is 0 Å². The van der Waals surface area contributed by atoms with E-state index in [2.05, 4.69) is 33.8 Å². The zero-order valence-electron chi connectivity index (χ0n) is 20.0. The molecule has 0 amide bonds. The van der Waals surface area contributed by atoms with Gasteiger partial charge in [-0.3, -0.25) is 0 Å². The maximum atomic E-state index is 13.0. The molecule has 1 saturated carbocycles. The van der Waals surface area contributed by atoms with Crippen molar-refractivity contribution in [3.63, 3.8) is 0 Å². The van der Waals surface area contributed by atoms with Crippen LogP contribution in [0.15, 0.2) is 64.8 Å². The first-order valence-corrected chi connectivity index (χ1v) is 12.1. The number of hydrogen-bond donors (Lipinski definition) is 1. The summed E-state index contributed by atoms with van der Waals surface area (Å²) in [6, 6.07) is 11.8. The summed E-state index contributed by atoms with van der Waals surface area (Å²) in [5.74, 6) is 1.05. The molecule has 33 heavy (non-hydrogen) atoms. The molecular weight excluding hydrogens is 412 g/mol. The van der Waals surface area contributed by atoms with Crippen molar-refractivity contribution >= 4 is 12.0 Å². The first kappa shape index (κ1) is 22.2. The molecule has 0 bridgehead atoms. The van der Waals surface area contributed by atoms with Gasteiger partial charge >= 0.3 is 5.97 Å². The van der Waals surface area contributed by atoms with Crippen molar-refractivity contribution in [2.75, 3.05) is 0 Å². The van der Waals surface area contributed by atoms with E-state index in [9.17, 15) is 9.90 Å². The molecule has 0 unspecified atom stereocenters. The Morgan fingerprint density at radius 1 is 1.21 bits per heavy atom. The number of hydrogen-bond acceptors (Lipinski definition) is 4. The van der Waals surface area contributed by atoms with Gasteiger partial charge in [0.05, 0.1) is 12.4 Å². The van der Waals surface area contributed by atoms with E-state index in [1.54, 1.807) is 12.3 Å². The van der Waals surface area contributed by atoms with E-state index in [-0.39, 0.29) is 23.2 Å². The molecule has 4 heteroatoms. The number of aliphatic hydroxyl groups is 1. The van der Waals surface area contributed by atoms with Gasteiger partial charge in [-0.1, -0.05) is 62.8 Å². The van der Waals surface area contributed by atoms with Crippen molar-refractivity contribution in [2.24, 2.45) is 22.7 Å². The highest BCUT2D eigenvalue weighted by atomic mass is 16.6. The van der Waals surface area contributed by atoms with Gasteiger partial charge in [0.25, 0.3) is 0 Å². The number of aliphatic hydroxyl groups excluding tert-OH is 1. The maximum absolute atomic E-state index is 13.0. The molecule has 0 radical (unpaired) electrons. The molecule has 1 aromatic carbocycles. The molecule has 1 N–H and O–H groups in total. The van der Waals surface area contributed by atoms with Crippen molar-refractivity contribution in [1.29, 1.82) is 0 Å². The Balaban J connectivity index is 1.53. The van der Waals surface area contributed by atoms with Gasteiger partial charge in [0.2, 0.25) is 0 Å². The summed E-state index contributed by atoms with van der Waals surface area (Å²) in [5.41, 5.74) is 2.75. The van der Waals surface area contributed by atoms with Gasteiger partial charge in [0.1, 0.15) is 11.9 Å². The number of carbonyl (C=O) groups excluding carboxylic acids is 1. The van der Waals surface area contributed by atoms with Gasteiger partial charge < -0.3 is 14.3 Å². The number of carbonyl (C=O) groups is 1. The lowest BCUT2D eigenvalue weighted by Crippen LogP contribution is -2.67. The molecule has 4 nitrogen and oxygen atoms in total. The fourth-order valence-corrected chi connectivity index (χ4v) is 7.25. The SMILES string of the molecule is CC1=CCC[C@]2(C)[C@H]3Cc4occc4[C@H](C)[C@@H]3[C@@H](O)[C@@H](OC(=O)/C=C/c3ccccc3)[C@]12C. The van der Waals surface area contributed by atoms with Crippen molar-refractivity contribution in [3.05, 3.63) is 77.3 Å². The summed E-state index contributed by atoms with van der Waals surface area (Å²) >= 11 is 0. The summed E-state index contributed by atoms with van der Waals surface area (Å²) in [6.07, 6.45) is 8.76. The van der Waals surface area contributed by atoms with Crippen LogP contribution in [0.1, 0.15) is 63.3 Å². The Morgan fingerprint density at radius 2 is 1.97 bits per heavy atom. The monoisotopic (exact) mass is 446 g/mol. The van der Waals surface area contributed by atoms with E-state index in [4.69, 9.17) is 9.15 Å². The highest BCUT2D eigenvalue weighted by Crippen LogP contribution is 2.67. The Labute approximate surface area is 196 Å². The van der Waals surface area contributed by atoms with Crippen molar-refractivity contribution < 1.29 is 19.1 Å². The molecule has 0 aliphatic heterocycles. The normalized spacial score (nSPS) is 37.6. The van der Waals surface area contributed by atoms with E-state index < -0.39 is 23.6 Å². The highest BCUT2D eigenvalue weighted by Gasteiger charge is 2.67. The van der Waals surface area contributed by atoms with Crippen LogP contribution in [0.3, 0.4) is 0 Å². The summed E-state index contributed by atoms with van der Waals surface area (Å²) in [4.78, 5) is 13.0. The molecule has 0 spiro atoms. The fraction of sp³-hybridized carbons (Fsp3) is 0.483. The molecule has 1 fully saturated rings. The maximum Gasteiger partial charge on any atom is 0.331 e. The number of furan rings is 1. The van der Waals surface area contributed by atoms with Gasteiger partial charge in [-0.05, 0) is 66.2 Å². The fourth-order valence-electron chi connectivity index (χ4n) is 7.25. The average molecular weight is 447 g/mol. The van der Waals surface area contributed by atoms with E-state index in [1.165, 1.54) is 17.2 Å². The van der Waals surface area contributed by atoms with Crippen molar-refractivity contribution in [1.82, 2.24) is 0 Å². The van der Waals surface area contributed by atoms with Crippen LogP contribution in [0.25, 0.3) is 6.08 Å². The number of fused-ring (bicyclic) bond motifs is 4. The third-order valence-corrected chi connectivity index (χ3v) is 9.38. The number of benzene rings is 1. The molecule has 3 aliphatic rings. The predicted octanol–water partition coefficient (Wildman–Crippen LogP) is 5.92. The molecule has 3 aliphatic carbocycles. The number of rotatable bonds is 3. The minimum absolute atomic E-state index is 0.00924. The highest BCUT2D eigenvalue weighted by molar-refractivity contribution is 5.87.